The predicted octanol–water partition coefficient (Wildman–Crippen LogP) is 4.25. The maximum Gasteiger partial charge on any atom is 0.303 e. The summed E-state index contributed by atoms with van der Waals surface area (Å²) >= 11 is 0. The van der Waals surface area contributed by atoms with Gasteiger partial charge in [0, 0.05) is 29.8 Å². The number of nitrogens with zero attached hydrogens (tertiary/aromatic N) is 1. The number of carboxylic acids is 1. The van der Waals surface area contributed by atoms with E-state index in [1.54, 1.807) is 0 Å². The van der Waals surface area contributed by atoms with Gasteiger partial charge in [0.25, 0.3) is 5.43 Å². The average molecular weight is 426 g/mol. The third-order valence-corrected chi connectivity index (χ3v) is 6.00. The van der Waals surface area contributed by atoms with Gasteiger partial charge in [-0.05, 0) is 37.0 Å². The number of rotatable bonds is 11. The Hall–Kier alpha value is -2.89. The molecule has 166 valence electrons. The number of carbonyl (C=O) groups is 1. The van der Waals surface area contributed by atoms with Gasteiger partial charge in [0.05, 0.1) is 12.2 Å². The summed E-state index contributed by atoms with van der Waals surface area (Å²) in [5.74, 6) is -0.594. The van der Waals surface area contributed by atoms with Crippen LogP contribution in [0.5, 0.6) is 5.75 Å². The molecule has 0 amide bonds. The summed E-state index contributed by atoms with van der Waals surface area (Å²) in [5, 5.41) is 8.85. The van der Waals surface area contributed by atoms with Gasteiger partial charge in [-0.25, -0.2) is 0 Å². The molecule has 0 saturated carbocycles. The van der Waals surface area contributed by atoms with Gasteiger partial charge in [-0.2, -0.15) is 0 Å². The average Bonchev–Trinajstić information content (AvgIpc) is 2.96. The van der Waals surface area contributed by atoms with E-state index >= 15 is 0 Å². The number of unbranched alkanes of at least 4 members (excludes halogenated alkanes) is 3. The van der Waals surface area contributed by atoms with Gasteiger partial charge in [0.2, 0.25) is 5.43 Å². The molecule has 6 heteroatoms. The minimum Gasteiger partial charge on any atom is -0.489 e. The van der Waals surface area contributed by atoms with Crippen molar-refractivity contribution in [1.29, 1.82) is 0 Å². The van der Waals surface area contributed by atoms with Gasteiger partial charge in [0.1, 0.15) is 0 Å². The quantitative estimate of drug-likeness (QED) is 0.428. The van der Waals surface area contributed by atoms with Gasteiger partial charge in [-0.3, -0.25) is 14.4 Å². The first-order chi connectivity index (χ1) is 14.8. The lowest BCUT2D eigenvalue weighted by Crippen LogP contribution is -2.36. The highest BCUT2D eigenvalue weighted by atomic mass is 16.5. The van der Waals surface area contributed by atoms with Crippen LogP contribution in [0.1, 0.15) is 70.4 Å². The molecule has 1 aliphatic heterocycles. The number of anilines is 1. The van der Waals surface area contributed by atoms with Crippen molar-refractivity contribution in [1.82, 2.24) is 0 Å². The van der Waals surface area contributed by atoms with Gasteiger partial charge >= 0.3 is 5.97 Å². The minimum absolute atomic E-state index is 0.173. The van der Waals surface area contributed by atoms with Crippen LogP contribution in [0.15, 0.2) is 39.6 Å². The molecule has 0 spiro atoms. The molecule has 0 fully saturated rings. The van der Waals surface area contributed by atoms with Crippen molar-refractivity contribution in [2.75, 3.05) is 18.1 Å². The maximum absolute atomic E-state index is 12.3. The summed E-state index contributed by atoms with van der Waals surface area (Å²) in [6.45, 7) is 7.42. The fourth-order valence-electron chi connectivity index (χ4n) is 4.18. The van der Waals surface area contributed by atoms with Gasteiger partial charge in [-0.15, -0.1) is 0 Å². The Morgan fingerprint density at radius 1 is 1.10 bits per heavy atom. The summed E-state index contributed by atoms with van der Waals surface area (Å²) < 4.78 is 5.63. The zero-order valence-corrected chi connectivity index (χ0v) is 18.6. The van der Waals surface area contributed by atoms with Crippen molar-refractivity contribution in [3.63, 3.8) is 0 Å². The summed E-state index contributed by atoms with van der Waals surface area (Å²) in [6, 6.07) is 8.15. The fourth-order valence-corrected chi connectivity index (χ4v) is 4.18. The van der Waals surface area contributed by atoms with E-state index in [0.717, 1.165) is 37.1 Å². The Labute approximate surface area is 182 Å². The van der Waals surface area contributed by atoms with Crippen LogP contribution in [0.2, 0.25) is 0 Å². The smallest absolute Gasteiger partial charge is 0.303 e. The van der Waals surface area contributed by atoms with E-state index in [2.05, 4.69) is 30.9 Å². The van der Waals surface area contributed by atoms with Crippen LogP contribution in [0.25, 0.3) is 6.08 Å². The lowest BCUT2D eigenvalue weighted by molar-refractivity contribution is -0.137. The number of hydrogen-bond acceptors (Lipinski definition) is 5. The summed E-state index contributed by atoms with van der Waals surface area (Å²) in [7, 11) is 0. The van der Waals surface area contributed by atoms with Crippen molar-refractivity contribution in [2.24, 2.45) is 0 Å². The fraction of sp³-hybridized carbons (Fsp3) is 0.480. The molecule has 31 heavy (non-hydrogen) atoms. The third kappa shape index (κ3) is 4.58. The molecule has 0 saturated heterocycles. The second kappa shape index (κ2) is 9.50. The Morgan fingerprint density at radius 2 is 1.84 bits per heavy atom. The van der Waals surface area contributed by atoms with Gasteiger partial charge in [-0.1, -0.05) is 51.8 Å². The number of benzene rings is 1. The SMILES string of the molecule is CCCCOc1c(C=C2N(CCCCCC(=O)O)c3ccccc3C2(C)C)c(=O)c1=O. The molecule has 3 rings (SSSR count). The van der Waals surface area contributed by atoms with E-state index in [9.17, 15) is 14.4 Å². The van der Waals surface area contributed by atoms with Crippen LogP contribution < -0.4 is 20.5 Å². The second-order valence-corrected chi connectivity index (χ2v) is 8.63. The molecule has 6 nitrogen and oxygen atoms in total. The number of aliphatic carboxylic acids is 1. The van der Waals surface area contributed by atoms with Gasteiger partial charge < -0.3 is 14.7 Å². The van der Waals surface area contributed by atoms with Crippen molar-refractivity contribution in [2.45, 2.75) is 64.7 Å². The summed E-state index contributed by atoms with van der Waals surface area (Å²) in [4.78, 5) is 37.4. The number of hydrogen-bond donors (Lipinski definition) is 1. The zero-order valence-electron chi connectivity index (χ0n) is 18.6. The number of para-hydroxylation sites is 1. The molecule has 0 atom stereocenters. The molecule has 0 bridgehead atoms. The Kier molecular flexibility index (Phi) is 6.98. The minimum atomic E-state index is -0.774. The molecule has 1 heterocycles. The van der Waals surface area contributed by atoms with E-state index in [1.807, 2.05) is 25.1 Å². The molecule has 2 aromatic carbocycles. The van der Waals surface area contributed by atoms with E-state index < -0.39 is 16.8 Å². The van der Waals surface area contributed by atoms with Crippen molar-refractivity contribution in [3.8, 4) is 5.75 Å². The highest BCUT2D eigenvalue weighted by Crippen LogP contribution is 2.48. The number of fused-ring (bicyclic) bond motifs is 1. The molecule has 0 aliphatic carbocycles. The molecule has 2 aromatic rings. The molecular weight excluding hydrogens is 394 g/mol. The van der Waals surface area contributed by atoms with Crippen molar-refractivity contribution in [3.05, 3.63) is 61.5 Å². The second-order valence-electron chi connectivity index (χ2n) is 8.63. The first-order valence-corrected chi connectivity index (χ1v) is 11.1. The molecule has 1 N–H and O–H groups in total. The largest absolute Gasteiger partial charge is 0.489 e. The van der Waals surface area contributed by atoms with Crippen molar-refractivity contribution >= 4 is 17.7 Å². The zero-order chi connectivity index (χ0) is 22.6. The summed E-state index contributed by atoms with van der Waals surface area (Å²) in [6.07, 6.45) is 6.05. The summed E-state index contributed by atoms with van der Waals surface area (Å²) in [5.41, 5.74) is 2.19. The Balaban J connectivity index is 1.90. The predicted molar refractivity (Wildman–Crippen MR) is 123 cm³/mol. The van der Waals surface area contributed by atoms with Crippen LogP contribution in [-0.4, -0.2) is 24.2 Å². The van der Waals surface area contributed by atoms with Crippen LogP contribution in [-0.2, 0) is 10.2 Å². The maximum atomic E-state index is 12.3. The Bertz CT molecular complexity index is 1040. The molecule has 1 aliphatic rings. The highest BCUT2D eigenvalue weighted by Gasteiger charge is 2.40. The number of ether oxygens (including phenoxy) is 1. The molecule has 0 radical (unpaired) electrons. The Morgan fingerprint density at radius 3 is 2.55 bits per heavy atom. The topological polar surface area (TPSA) is 83.9 Å². The van der Waals surface area contributed by atoms with E-state index in [-0.39, 0.29) is 17.6 Å². The number of carboxylic acid groups (broad SMARTS) is 1. The standard InChI is InChI=1S/C25H31NO5/c1-4-5-15-31-24-17(22(29)23(24)30)16-20-25(2,3)18-11-8-9-12-19(18)26(20)14-10-6-7-13-21(27)28/h8-9,11-12,16H,4-7,10,13-15H2,1-3H3,(H,27,28). The molecule has 0 aromatic heterocycles. The van der Waals surface area contributed by atoms with E-state index in [1.165, 1.54) is 5.56 Å². The molecule has 0 unspecified atom stereocenters. The van der Waals surface area contributed by atoms with Gasteiger partial charge in [0.15, 0.2) is 5.75 Å². The first kappa shape index (κ1) is 22.8. The van der Waals surface area contributed by atoms with E-state index in [0.29, 0.717) is 25.1 Å². The van der Waals surface area contributed by atoms with Crippen LogP contribution in [0.3, 0.4) is 0 Å². The molecular formula is C25H31NO5. The van der Waals surface area contributed by atoms with Crippen molar-refractivity contribution < 1.29 is 14.6 Å². The normalized spacial score (nSPS) is 16.1. The van der Waals surface area contributed by atoms with Crippen LogP contribution in [0, 0.1) is 0 Å². The van der Waals surface area contributed by atoms with Crippen LogP contribution >= 0.6 is 0 Å². The monoisotopic (exact) mass is 425 g/mol. The number of allylic oxidation sites excluding steroid dienone is 1. The van der Waals surface area contributed by atoms with E-state index in [4.69, 9.17) is 9.84 Å². The lowest BCUT2D eigenvalue weighted by atomic mass is 9.83. The first-order valence-electron chi connectivity index (χ1n) is 11.1. The third-order valence-electron chi connectivity index (χ3n) is 6.00. The lowest BCUT2D eigenvalue weighted by Gasteiger charge is -2.28. The highest BCUT2D eigenvalue weighted by molar-refractivity contribution is 5.77. The van der Waals surface area contributed by atoms with Crippen LogP contribution in [0.4, 0.5) is 5.69 Å².